The van der Waals surface area contributed by atoms with Gasteiger partial charge in [-0.1, -0.05) is 81.4 Å². The molecule has 0 amide bonds. The summed E-state index contributed by atoms with van der Waals surface area (Å²) in [5.74, 6) is 0.817. The molecule has 1 saturated carbocycles. The Morgan fingerprint density at radius 2 is 1.37 bits per heavy atom. The molecule has 0 bridgehead atoms. The fourth-order valence-corrected chi connectivity index (χ4v) is 9.14. The fourth-order valence-electron chi connectivity index (χ4n) is 4.50. The minimum Gasteiger partial charge on any atom is -0.407 e. The van der Waals surface area contributed by atoms with Crippen LogP contribution < -0.4 is 10.4 Å². The summed E-state index contributed by atoms with van der Waals surface area (Å²) < 4.78 is 7.03. The van der Waals surface area contributed by atoms with Crippen LogP contribution in [0.15, 0.2) is 60.7 Å². The van der Waals surface area contributed by atoms with E-state index in [0.29, 0.717) is 5.92 Å². The van der Waals surface area contributed by atoms with Crippen LogP contribution in [0.4, 0.5) is 0 Å². The van der Waals surface area contributed by atoms with Gasteiger partial charge in [-0.3, -0.25) is 0 Å². The largest absolute Gasteiger partial charge is 0.407 e. The average molecular weight is 381 g/mol. The van der Waals surface area contributed by atoms with E-state index in [-0.39, 0.29) is 11.0 Å². The third-order valence-corrected chi connectivity index (χ3v) is 11.0. The van der Waals surface area contributed by atoms with Crippen molar-refractivity contribution in [3.63, 3.8) is 0 Å². The number of carbonyl (C=O) groups is 1. The second kappa shape index (κ2) is 8.53. The lowest BCUT2D eigenvalue weighted by Crippen LogP contribution is -2.66. The van der Waals surface area contributed by atoms with Crippen molar-refractivity contribution < 1.29 is 9.22 Å². The average Bonchev–Trinajstić information content (AvgIpc) is 2.69. The van der Waals surface area contributed by atoms with E-state index >= 15 is 0 Å². The van der Waals surface area contributed by atoms with E-state index in [2.05, 4.69) is 81.4 Å². The summed E-state index contributed by atoms with van der Waals surface area (Å²) in [6, 6.07) is 21.7. The van der Waals surface area contributed by atoms with Crippen LogP contribution in [0.5, 0.6) is 0 Å². The van der Waals surface area contributed by atoms with Crippen molar-refractivity contribution in [1.29, 1.82) is 0 Å². The van der Waals surface area contributed by atoms with E-state index in [9.17, 15) is 4.79 Å². The molecule has 0 radical (unpaired) electrons. The Labute approximate surface area is 165 Å². The minimum atomic E-state index is -2.43. The second-order valence-corrected chi connectivity index (χ2v) is 13.2. The molecule has 0 aromatic heterocycles. The lowest BCUT2D eigenvalue weighted by molar-refractivity contribution is -0.112. The molecule has 0 unspecified atom stereocenters. The highest BCUT2D eigenvalue weighted by atomic mass is 28.4. The summed E-state index contributed by atoms with van der Waals surface area (Å²) in [4.78, 5) is 11.1. The molecule has 1 aliphatic rings. The Morgan fingerprint density at radius 3 is 1.78 bits per heavy atom. The molecule has 144 valence electrons. The molecule has 27 heavy (non-hydrogen) atoms. The molecule has 1 aliphatic carbocycles. The van der Waals surface area contributed by atoms with Gasteiger partial charge >= 0.3 is 0 Å². The van der Waals surface area contributed by atoms with E-state index in [1.54, 1.807) is 0 Å². The maximum atomic E-state index is 11.1. The third kappa shape index (κ3) is 4.25. The van der Waals surface area contributed by atoms with Gasteiger partial charge in [-0.25, -0.2) is 0 Å². The van der Waals surface area contributed by atoms with Gasteiger partial charge in [0.1, 0.15) is 6.29 Å². The summed E-state index contributed by atoms with van der Waals surface area (Å²) in [6.07, 6.45) is 5.36. The van der Waals surface area contributed by atoms with E-state index < -0.39 is 8.32 Å². The fraction of sp³-hybridized carbons (Fsp3) is 0.458. The Kier molecular flexibility index (Phi) is 6.33. The van der Waals surface area contributed by atoms with Crippen molar-refractivity contribution in [2.24, 2.45) is 11.8 Å². The molecule has 0 aliphatic heterocycles. The number of rotatable bonds is 6. The number of aldehydes is 1. The first-order chi connectivity index (χ1) is 13.0. The maximum absolute atomic E-state index is 11.1. The number of benzene rings is 2. The molecular formula is C24H32O2Si. The summed E-state index contributed by atoms with van der Waals surface area (Å²) >= 11 is 0. The number of hydrogen-bond donors (Lipinski definition) is 0. The molecule has 0 spiro atoms. The SMILES string of the molecule is CC(C)(C)[Si](OCC1CCC(C=O)CC1)(c1ccccc1)c1ccccc1. The number of carbonyl (C=O) groups excluding carboxylic acids is 1. The standard InChI is InChI=1S/C24H32O2Si/c1-24(2,3)27(22-10-6-4-7-11-22,23-12-8-5-9-13-23)26-19-21-16-14-20(18-25)15-17-21/h4-13,18,20-21H,14-17,19H2,1-3H3. The highest BCUT2D eigenvalue weighted by Gasteiger charge is 2.50. The van der Waals surface area contributed by atoms with Crippen LogP contribution in [0.1, 0.15) is 46.5 Å². The van der Waals surface area contributed by atoms with Gasteiger partial charge < -0.3 is 9.22 Å². The third-order valence-electron chi connectivity index (χ3n) is 6.04. The zero-order valence-corrected chi connectivity index (χ0v) is 17.9. The minimum absolute atomic E-state index is 0.0235. The molecule has 2 nitrogen and oxygen atoms in total. The lowest BCUT2D eigenvalue weighted by Gasteiger charge is -2.44. The first-order valence-corrected chi connectivity index (χ1v) is 12.1. The molecule has 2 aromatic rings. The van der Waals surface area contributed by atoms with Crippen LogP contribution >= 0.6 is 0 Å². The smallest absolute Gasteiger partial charge is 0.261 e. The Hall–Kier alpha value is -1.71. The van der Waals surface area contributed by atoms with Crippen molar-refractivity contribution in [3.05, 3.63) is 60.7 Å². The quantitative estimate of drug-likeness (QED) is 0.542. The first-order valence-electron chi connectivity index (χ1n) is 10.2. The monoisotopic (exact) mass is 380 g/mol. The van der Waals surface area contributed by atoms with Crippen LogP contribution in [-0.2, 0) is 9.22 Å². The predicted molar refractivity (Wildman–Crippen MR) is 115 cm³/mol. The Morgan fingerprint density at radius 1 is 0.889 bits per heavy atom. The van der Waals surface area contributed by atoms with Gasteiger partial charge in [0.05, 0.1) is 0 Å². The van der Waals surface area contributed by atoms with Crippen LogP contribution in [-0.4, -0.2) is 21.2 Å². The van der Waals surface area contributed by atoms with E-state index in [1.165, 1.54) is 10.4 Å². The Balaban J connectivity index is 1.93. The van der Waals surface area contributed by atoms with E-state index in [4.69, 9.17) is 4.43 Å². The van der Waals surface area contributed by atoms with E-state index in [0.717, 1.165) is 38.6 Å². The van der Waals surface area contributed by atoms with Gasteiger partial charge in [-0.05, 0) is 47.0 Å². The van der Waals surface area contributed by atoms with Gasteiger partial charge in [0.2, 0.25) is 0 Å². The van der Waals surface area contributed by atoms with Gasteiger partial charge in [0.15, 0.2) is 0 Å². The van der Waals surface area contributed by atoms with Crippen LogP contribution in [0.3, 0.4) is 0 Å². The molecule has 0 heterocycles. The van der Waals surface area contributed by atoms with Crippen molar-refractivity contribution in [2.75, 3.05) is 6.61 Å². The van der Waals surface area contributed by atoms with Crippen LogP contribution in [0.2, 0.25) is 5.04 Å². The number of hydrogen-bond acceptors (Lipinski definition) is 2. The molecule has 0 N–H and O–H groups in total. The molecule has 0 atom stereocenters. The van der Waals surface area contributed by atoms with Gasteiger partial charge in [-0.2, -0.15) is 0 Å². The Bertz CT molecular complexity index is 674. The molecule has 3 heteroatoms. The lowest BCUT2D eigenvalue weighted by atomic mass is 9.83. The van der Waals surface area contributed by atoms with E-state index in [1.807, 2.05) is 0 Å². The van der Waals surface area contributed by atoms with Gasteiger partial charge in [-0.15, -0.1) is 0 Å². The highest BCUT2D eigenvalue weighted by Crippen LogP contribution is 2.38. The van der Waals surface area contributed by atoms with Crippen LogP contribution in [0, 0.1) is 11.8 Å². The van der Waals surface area contributed by atoms with Gasteiger partial charge in [0.25, 0.3) is 8.32 Å². The summed E-state index contributed by atoms with van der Waals surface area (Å²) in [6.45, 7) is 7.76. The van der Waals surface area contributed by atoms with Crippen molar-refractivity contribution >= 4 is 25.0 Å². The van der Waals surface area contributed by atoms with Crippen molar-refractivity contribution in [1.82, 2.24) is 0 Å². The first kappa shape index (κ1) is 20.0. The summed E-state index contributed by atoms with van der Waals surface area (Å²) in [7, 11) is -2.43. The molecule has 3 rings (SSSR count). The molecule has 2 aromatic carbocycles. The predicted octanol–water partition coefficient (Wildman–Crippen LogP) is 4.57. The van der Waals surface area contributed by atoms with Crippen LogP contribution in [0.25, 0.3) is 0 Å². The topological polar surface area (TPSA) is 26.3 Å². The van der Waals surface area contributed by atoms with Crippen molar-refractivity contribution in [2.45, 2.75) is 51.5 Å². The second-order valence-electron chi connectivity index (χ2n) is 8.89. The maximum Gasteiger partial charge on any atom is 0.261 e. The molecule has 0 saturated heterocycles. The van der Waals surface area contributed by atoms with Gasteiger partial charge in [0, 0.05) is 12.5 Å². The normalized spacial score (nSPS) is 21.0. The summed E-state index contributed by atoms with van der Waals surface area (Å²) in [5, 5.41) is 2.70. The molecular weight excluding hydrogens is 348 g/mol. The highest BCUT2D eigenvalue weighted by molar-refractivity contribution is 6.99. The molecule has 1 fully saturated rings. The summed E-state index contributed by atoms with van der Waals surface area (Å²) in [5.41, 5.74) is 0. The zero-order valence-electron chi connectivity index (χ0n) is 16.9. The zero-order chi connectivity index (χ0) is 19.3. The van der Waals surface area contributed by atoms with Crippen molar-refractivity contribution in [3.8, 4) is 0 Å².